The highest BCUT2D eigenvalue weighted by atomic mass is 35.5. The summed E-state index contributed by atoms with van der Waals surface area (Å²) in [4.78, 5) is 3.56. The molecule has 3 heterocycles. The van der Waals surface area contributed by atoms with Gasteiger partial charge in [0, 0.05) is 25.8 Å². The van der Waals surface area contributed by atoms with E-state index in [1.165, 1.54) is 10.5 Å². The van der Waals surface area contributed by atoms with Crippen LogP contribution in [0.3, 0.4) is 0 Å². The molecular weight excluding hydrogens is 305 g/mol. The average Bonchev–Trinajstić information content (AvgIpc) is 3.01. The summed E-state index contributed by atoms with van der Waals surface area (Å²) in [6.45, 7) is 2.81. The lowest BCUT2D eigenvalue weighted by Gasteiger charge is -2.22. The van der Waals surface area contributed by atoms with E-state index in [9.17, 15) is 12.8 Å². The van der Waals surface area contributed by atoms with Gasteiger partial charge >= 0.3 is 0 Å². The maximum Gasteiger partial charge on any atom is 0.244 e. The van der Waals surface area contributed by atoms with E-state index in [2.05, 4.69) is 10.3 Å². The first kappa shape index (κ1) is 15.6. The van der Waals surface area contributed by atoms with Crippen molar-refractivity contribution < 1.29 is 12.8 Å². The third kappa shape index (κ3) is 2.67. The van der Waals surface area contributed by atoms with Gasteiger partial charge in [0.25, 0.3) is 0 Å². The molecule has 112 valence electrons. The zero-order chi connectivity index (χ0) is 13.5. The Hall–Kier alpha value is -0.760. The Bertz CT molecular complexity index is 590. The quantitative estimate of drug-likeness (QED) is 0.883. The molecule has 8 heteroatoms. The van der Waals surface area contributed by atoms with Gasteiger partial charge in [0.05, 0.1) is 6.20 Å². The molecule has 0 bridgehead atoms. The fraction of sp³-hybridized carbons (Fsp3) is 0.583. The van der Waals surface area contributed by atoms with Crippen LogP contribution in [0.25, 0.3) is 0 Å². The predicted molar refractivity (Wildman–Crippen MR) is 74.7 cm³/mol. The standard InChI is InChI=1S/C12H16FN3O2S.ClH/c13-10-5-11(7-15-6-10)19(17,18)16-4-2-12(9-16)1-3-14-8-12;/h5-7,14H,1-4,8-9H2;1H. The maximum atomic E-state index is 13.1. The molecule has 0 aromatic carbocycles. The van der Waals surface area contributed by atoms with Gasteiger partial charge < -0.3 is 5.32 Å². The summed E-state index contributed by atoms with van der Waals surface area (Å²) in [5, 5.41) is 3.28. The fourth-order valence-corrected chi connectivity index (χ4v) is 4.45. The second kappa shape index (κ2) is 5.55. The van der Waals surface area contributed by atoms with Crippen molar-refractivity contribution >= 4 is 22.4 Å². The fourth-order valence-electron chi connectivity index (χ4n) is 2.93. The first-order valence-electron chi connectivity index (χ1n) is 6.33. The molecule has 2 aliphatic heterocycles. The normalized spacial score (nSPS) is 26.9. The number of nitrogens with one attached hydrogen (secondary N) is 1. The molecule has 0 radical (unpaired) electrons. The topological polar surface area (TPSA) is 62.3 Å². The molecule has 0 saturated carbocycles. The number of halogens is 2. The molecule has 20 heavy (non-hydrogen) atoms. The average molecular weight is 322 g/mol. The molecule has 1 unspecified atom stereocenters. The van der Waals surface area contributed by atoms with Gasteiger partial charge in [0.15, 0.2) is 0 Å². The van der Waals surface area contributed by atoms with Crippen molar-refractivity contribution in [3.8, 4) is 0 Å². The Labute approximate surface area is 124 Å². The Balaban J connectivity index is 0.00000147. The molecule has 2 fully saturated rings. The maximum absolute atomic E-state index is 13.1. The number of nitrogens with zero attached hydrogens (tertiary/aromatic N) is 2. The highest BCUT2D eigenvalue weighted by molar-refractivity contribution is 7.89. The van der Waals surface area contributed by atoms with Crippen molar-refractivity contribution in [1.82, 2.24) is 14.6 Å². The first-order valence-corrected chi connectivity index (χ1v) is 7.77. The molecule has 1 aromatic heterocycles. The van der Waals surface area contributed by atoms with Crippen LogP contribution in [0.15, 0.2) is 23.4 Å². The van der Waals surface area contributed by atoms with E-state index in [4.69, 9.17) is 0 Å². The highest BCUT2D eigenvalue weighted by Crippen LogP contribution is 2.38. The number of hydrogen-bond donors (Lipinski definition) is 1. The van der Waals surface area contributed by atoms with Crippen LogP contribution in [-0.2, 0) is 10.0 Å². The zero-order valence-corrected chi connectivity index (χ0v) is 12.5. The summed E-state index contributed by atoms with van der Waals surface area (Å²) in [5.74, 6) is -0.627. The third-order valence-corrected chi connectivity index (χ3v) is 5.86. The van der Waals surface area contributed by atoms with Crippen LogP contribution < -0.4 is 5.32 Å². The van der Waals surface area contributed by atoms with Crippen molar-refractivity contribution in [3.63, 3.8) is 0 Å². The second-order valence-electron chi connectivity index (χ2n) is 5.35. The van der Waals surface area contributed by atoms with E-state index in [1.807, 2.05) is 0 Å². The van der Waals surface area contributed by atoms with Crippen molar-refractivity contribution in [2.75, 3.05) is 26.2 Å². The van der Waals surface area contributed by atoms with Gasteiger partial charge in [0.1, 0.15) is 10.7 Å². The summed E-state index contributed by atoms with van der Waals surface area (Å²) < 4.78 is 39.4. The van der Waals surface area contributed by atoms with E-state index in [1.54, 1.807) is 0 Å². The molecule has 3 rings (SSSR count). The van der Waals surface area contributed by atoms with Gasteiger partial charge in [-0.05, 0) is 30.9 Å². The minimum absolute atomic E-state index is 0. The molecule has 2 aliphatic rings. The van der Waals surface area contributed by atoms with E-state index in [0.29, 0.717) is 13.1 Å². The molecule has 0 amide bonds. The monoisotopic (exact) mass is 321 g/mol. The predicted octanol–water partition coefficient (Wildman–Crippen LogP) is 1.02. The van der Waals surface area contributed by atoms with Crippen molar-refractivity contribution in [3.05, 3.63) is 24.3 Å². The number of pyridine rings is 1. The molecule has 1 atom stereocenters. The summed E-state index contributed by atoms with van der Waals surface area (Å²) in [6, 6.07) is 1.03. The minimum atomic E-state index is -3.62. The third-order valence-electron chi connectivity index (χ3n) is 4.05. The van der Waals surface area contributed by atoms with E-state index in [-0.39, 0.29) is 22.7 Å². The molecule has 1 aromatic rings. The van der Waals surface area contributed by atoms with Crippen LogP contribution in [0.1, 0.15) is 12.8 Å². The van der Waals surface area contributed by atoms with Gasteiger partial charge in [-0.1, -0.05) is 0 Å². The number of rotatable bonds is 2. The van der Waals surface area contributed by atoms with Gasteiger partial charge in [-0.3, -0.25) is 4.98 Å². The van der Waals surface area contributed by atoms with Crippen LogP contribution in [0, 0.1) is 11.2 Å². The molecule has 1 N–H and O–H groups in total. The lowest BCUT2D eigenvalue weighted by atomic mass is 9.87. The van der Waals surface area contributed by atoms with Crippen LogP contribution in [0.4, 0.5) is 4.39 Å². The van der Waals surface area contributed by atoms with Crippen LogP contribution in [0.5, 0.6) is 0 Å². The van der Waals surface area contributed by atoms with Gasteiger partial charge in [0.2, 0.25) is 10.0 Å². The summed E-state index contributed by atoms with van der Waals surface area (Å²) in [7, 11) is -3.62. The van der Waals surface area contributed by atoms with E-state index < -0.39 is 15.8 Å². The summed E-state index contributed by atoms with van der Waals surface area (Å²) >= 11 is 0. The van der Waals surface area contributed by atoms with E-state index >= 15 is 0 Å². The van der Waals surface area contributed by atoms with Crippen molar-refractivity contribution in [2.24, 2.45) is 5.41 Å². The number of aromatic nitrogens is 1. The molecule has 2 saturated heterocycles. The van der Waals surface area contributed by atoms with Crippen LogP contribution in [0.2, 0.25) is 0 Å². The van der Waals surface area contributed by atoms with Gasteiger partial charge in [-0.25, -0.2) is 12.8 Å². The van der Waals surface area contributed by atoms with Crippen LogP contribution >= 0.6 is 12.4 Å². The molecule has 1 spiro atoms. The summed E-state index contributed by atoms with van der Waals surface area (Å²) in [6.07, 6.45) is 4.07. The lowest BCUT2D eigenvalue weighted by Crippen LogP contribution is -2.33. The minimum Gasteiger partial charge on any atom is -0.316 e. The second-order valence-corrected chi connectivity index (χ2v) is 7.29. The van der Waals surface area contributed by atoms with Crippen molar-refractivity contribution in [1.29, 1.82) is 0 Å². The molecule has 5 nitrogen and oxygen atoms in total. The SMILES string of the molecule is Cl.O=S(=O)(c1cncc(F)c1)N1CCC2(CCNC2)C1. The highest BCUT2D eigenvalue weighted by Gasteiger charge is 2.44. The van der Waals surface area contributed by atoms with Gasteiger partial charge in [-0.15, -0.1) is 12.4 Å². The number of hydrogen-bond acceptors (Lipinski definition) is 4. The zero-order valence-electron chi connectivity index (χ0n) is 10.9. The molecular formula is C12H17ClFN3O2S. The van der Waals surface area contributed by atoms with Crippen molar-refractivity contribution in [2.45, 2.75) is 17.7 Å². The smallest absolute Gasteiger partial charge is 0.244 e. The lowest BCUT2D eigenvalue weighted by molar-refractivity contribution is 0.338. The number of sulfonamides is 1. The first-order chi connectivity index (χ1) is 9.02. The molecule has 0 aliphatic carbocycles. The largest absolute Gasteiger partial charge is 0.316 e. The Morgan fingerprint density at radius 1 is 1.35 bits per heavy atom. The Morgan fingerprint density at radius 3 is 2.80 bits per heavy atom. The Morgan fingerprint density at radius 2 is 2.15 bits per heavy atom. The summed E-state index contributed by atoms with van der Waals surface area (Å²) in [5.41, 5.74) is 0.0633. The van der Waals surface area contributed by atoms with E-state index in [0.717, 1.165) is 38.2 Å². The van der Waals surface area contributed by atoms with Crippen LogP contribution in [-0.4, -0.2) is 43.9 Å². The Kier molecular flexibility index (Phi) is 4.34. The van der Waals surface area contributed by atoms with Gasteiger partial charge in [-0.2, -0.15) is 4.31 Å².